The zero-order valence-electron chi connectivity index (χ0n) is 14.9. The van der Waals surface area contributed by atoms with E-state index in [2.05, 4.69) is 7.05 Å². The summed E-state index contributed by atoms with van der Waals surface area (Å²) in [6.45, 7) is 5.01. The molecule has 4 rings (SSSR count). The molecule has 0 unspecified atom stereocenters. The molecule has 1 saturated heterocycles. The van der Waals surface area contributed by atoms with Crippen molar-refractivity contribution in [2.24, 2.45) is 0 Å². The molecular formula is C21H24N2O3+2. The van der Waals surface area contributed by atoms with E-state index in [0.29, 0.717) is 23.6 Å². The fourth-order valence-electron chi connectivity index (χ4n) is 3.63. The molecule has 0 amide bonds. The number of rotatable bonds is 3. The van der Waals surface area contributed by atoms with E-state index < -0.39 is 0 Å². The van der Waals surface area contributed by atoms with Gasteiger partial charge in [-0.2, -0.15) is 0 Å². The number of carbonyl (C=O) groups is 1. The molecule has 5 nitrogen and oxygen atoms in total. The Hall–Kier alpha value is -2.63. The first kappa shape index (κ1) is 16.8. The standard InChI is InChI=1S/C21H22N2O3/c1-22-9-11-23(12-10-22)14-17-18(24)8-7-16-20(25)19(26-21(16)17)13-15-5-3-2-4-6-15/h2-8,13,24H,9-12,14H2,1H3/p+2. The van der Waals surface area contributed by atoms with Crippen LogP contribution in [-0.4, -0.2) is 44.1 Å². The maximum atomic E-state index is 12.7. The second-order valence-electron chi connectivity index (χ2n) is 7.17. The number of fused-ring (bicyclic) bond motifs is 1. The van der Waals surface area contributed by atoms with Gasteiger partial charge in [-0.25, -0.2) is 0 Å². The number of benzene rings is 2. The van der Waals surface area contributed by atoms with Gasteiger partial charge in [-0.3, -0.25) is 4.79 Å². The SMILES string of the molecule is C[NH+]1CC[NH+](Cc2c(O)ccc3c2OC(=Cc2ccccc2)C3=O)CC1. The average Bonchev–Trinajstić information content (AvgIpc) is 2.96. The summed E-state index contributed by atoms with van der Waals surface area (Å²) in [6, 6.07) is 12.9. The lowest BCUT2D eigenvalue weighted by Gasteiger charge is -2.27. The van der Waals surface area contributed by atoms with Gasteiger partial charge >= 0.3 is 0 Å². The molecule has 26 heavy (non-hydrogen) atoms. The van der Waals surface area contributed by atoms with Crippen molar-refractivity contribution in [3.05, 3.63) is 64.9 Å². The fraction of sp³-hybridized carbons (Fsp3) is 0.286. The van der Waals surface area contributed by atoms with Gasteiger partial charge < -0.3 is 19.6 Å². The average molecular weight is 352 g/mol. The monoisotopic (exact) mass is 352 g/mol. The first-order valence-electron chi connectivity index (χ1n) is 9.11. The van der Waals surface area contributed by atoms with Crippen LogP contribution in [0.15, 0.2) is 48.2 Å². The predicted molar refractivity (Wildman–Crippen MR) is 98.5 cm³/mol. The minimum atomic E-state index is -0.122. The van der Waals surface area contributed by atoms with Crippen LogP contribution in [0.2, 0.25) is 0 Å². The third-order valence-electron chi connectivity index (χ3n) is 5.25. The highest BCUT2D eigenvalue weighted by molar-refractivity contribution is 6.14. The van der Waals surface area contributed by atoms with Gasteiger partial charge in [0.05, 0.1) is 18.2 Å². The Morgan fingerprint density at radius 3 is 2.54 bits per heavy atom. The molecule has 0 saturated carbocycles. The van der Waals surface area contributed by atoms with Gasteiger partial charge in [-0.1, -0.05) is 30.3 Å². The van der Waals surface area contributed by atoms with Crippen molar-refractivity contribution in [2.45, 2.75) is 6.54 Å². The van der Waals surface area contributed by atoms with E-state index >= 15 is 0 Å². The highest BCUT2D eigenvalue weighted by atomic mass is 16.5. The molecule has 0 aliphatic carbocycles. The minimum absolute atomic E-state index is 0.122. The van der Waals surface area contributed by atoms with Gasteiger partial charge in [0, 0.05) is 0 Å². The van der Waals surface area contributed by atoms with Gasteiger partial charge in [0.1, 0.15) is 38.5 Å². The maximum absolute atomic E-state index is 12.7. The number of hydrogen-bond acceptors (Lipinski definition) is 3. The zero-order chi connectivity index (χ0) is 18.1. The maximum Gasteiger partial charge on any atom is 0.231 e. The molecule has 2 aliphatic heterocycles. The van der Waals surface area contributed by atoms with E-state index in [1.807, 2.05) is 30.3 Å². The van der Waals surface area contributed by atoms with Gasteiger partial charge in [0.2, 0.25) is 5.78 Å². The number of allylic oxidation sites excluding steroid dienone is 1. The van der Waals surface area contributed by atoms with Crippen LogP contribution in [0.4, 0.5) is 0 Å². The molecule has 2 aromatic carbocycles. The lowest BCUT2D eigenvalue weighted by atomic mass is 10.0. The smallest absolute Gasteiger partial charge is 0.231 e. The highest BCUT2D eigenvalue weighted by Gasteiger charge is 2.33. The lowest BCUT2D eigenvalue weighted by Crippen LogP contribution is -3.26. The largest absolute Gasteiger partial charge is 0.507 e. The second kappa shape index (κ2) is 6.94. The molecule has 0 bridgehead atoms. The van der Waals surface area contributed by atoms with Gasteiger partial charge in [0.15, 0.2) is 11.5 Å². The number of quaternary nitrogens is 2. The van der Waals surface area contributed by atoms with Gasteiger partial charge in [-0.05, 0) is 23.8 Å². The quantitative estimate of drug-likeness (QED) is 0.678. The molecule has 134 valence electrons. The van der Waals surface area contributed by atoms with Crippen molar-refractivity contribution in [2.75, 3.05) is 33.2 Å². The summed E-state index contributed by atoms with van der Waals surface area (Å²) < 4.78 is 5.93. The van der Waals surface area contributed by atoms with Crippen molar-refractivity contribution < 1.29 is 24.4 Å². The van der Waals surface area contributed by atoms with E-state index in [4.69, 9.17) is 4.74 Å². The number of ether oxygens (including phenoxy) is 1. The molecule has 5 heteroatoms. The van der Waals surface area contributed by atoms with Crippen LogP contribution in [-0.2, 0) is 6.54 Å². The molecule has 0 atom stereocenters. The molecule has 0 aromatic heterocycles. The number of hydrogen-bond donors (Lipinski definition) is 3. The summed E-state index contributed by atoms with van der Waals surface area (Å²) in [5, 5.41) is 10.4. The van der Waals surface area contributed by atoms with Crippen LogP contribution in [0.5, 0.6) is 11.5 Å². The van der Waals surface area contributed by atoms with E-state index in [1.54, 1.807) is 18.2 Å². The van der Waals surface area contributed by atoms with E-state index in [9.17, 15) is 9.90 Å². The van der Waals surface area contributed by atoms with E-state index in [-0.39, 0.29) is 11.5 Å². The van der Waals surface area contributed by atoms with E-state index in [1.165, 1.54) is 9.80 Å². The number of aromatic hydroxyl groups is 1. The summed E-state index contributed by atoms with van der Waals surface area (Å²) in [5.41, 5.74) is 2.20. The summed E-state index contributed by atoms with van der Waals surface area (Å²) in [5.74, 6) is 0.922. The van der Waals surface area contributed by atoms with Crippen LogP contribution in [0.25, 0.3) is 6.08 Å². The molecule has 1 fully saturated rings. The molecule has 0 radical (unpaired) electrons. The first-order valence-corrected chi connectivity index (χ1v) is 9.11. The van der Waals surface area contributed by atoms with Crippen molar-refractivity contribution in [3.8, 4) is 11.5 Å². The Balaban J connectivity index is 1.62. The molecule has 2 aliphatic rings. The van der Waals surface area contributed by atoms with Crippen LogP contribution in [0.1, 0.15) is 21.5 Å². The zero-order valence-corrected chi connectivity index (χ0v) is 14.9. The number of likely N-dealkylation sites (N-methyl/N-ethyl adjacent to an activating group) is 1. The van der Waals surface area contributed by atoms with Crippen molar-refractivity contribution >= 4 is 11.9 Å². The Bertz CT molecular complexity index is 853. The summed E-state index contributed by atoms with van der Waals surface area (Å²) in [7, 11) is 2.21. The predicted octanol–water partition coefficient (Wildman–Crippen LogP) is -0.0784. The number of ketones is 1. The number of phenolic OH excluding ortho intramolecular Hbond substituents is 1. The Morgan fingerprint density at radius 1 is 1.08 bits per heavy atom. The number of piperazine rings is 1. The Kier molecular flexibility index (Phi) is 4.49. The topological polar surface area (TPSA) is 55.4 Å². The fourth-order valence-corrected chi connectivity index (χ4v) is 3.63. The van der Waals surface area contributed by atoms with Gasteiger partial charge in [-0.15, -0.1) is 0 Å². The third kappa shape index (κ3) is 3.23. The lowest BCUT2D eigenvalue weighted by molar-refractivity contribution is -1.01. The number of nitrogens with one attached hydrogen (secondary N) is 2. The Labute approximate surface area is 153 Å². The summed E-state index contributed by atoms with van der Waals surface area (Å²) >= 11 is 0. The third-order valence-corrected chi connectivity index (χ3v) is 5.25. The molecule has 0 spiro atoms. The Morgan fingerprint density at radius 2 is 1.81 bits per heavy atom. The van der Waals surface area contributed by atoms with Crippen LogP contribution < -0.4 is 14.5 Å². The number of Topliss-reactive ketones (excluding diaryl/α,β-unsaturated/α-hetero) is 1. The highest BCUT2D eigenvalue weighted by Crippen LogP contribution is 2.39. The summed E-state index contributed by atoms with van der Waals surface area (Å²) in [4.78, 5) is 15.7. The molecule has 3 N–H and O–H groups in total. The van der Waals surface area contributed by atoms with Crippen LogP contribution in [0, 0.1) is 0 Å². The number of phenols is 1. The van der Waals surface area contributed by atoms with Crippen molar-refractivity contribution in [3.63, 3.8) is 0 Å². The molecule has 2 aromatic rings. The first-order chi connectivity index (χ1) is 12.6. The summed E-state index contributed by atoms with van der Waals surface area (Å²) in [6.07, 6.45) is 1.76. The minimum Gasteiger partial charge on any atom is -0.507 e. The second-order valence-corrected chi connectivity index (χ2v) is 7.17. The van der Waals surface area contributed by atoms with E-state index in [0.717, 1.165) is 37.3 Å². The molecular weight excluding hydrogens is 328 g/mol. The van der Waals surface area contributed by atoms with Crippen molar-refractivity contribution in [1.82, 2.24) is 0 Å². The van der Waals surface area contributed by atoms with Crippen LogP contribution in [0.3, 0.4) is 0 Å². The normalized spacial score (nSPS) is 23.7. The number of carbonyl (C=O) groups excluding carboxylic acids is 1. The van der Waals surface area contributed by atoms with Crippen molar-refractivity contribution in [1.29, 1.82) is 0 Å². The molecule has 2 heterocycles. The van der Waals surface area contributed by atoms with Crippen LogP contribution >= 0.6 is 0 Å². The van der Waals surface area contributed by atoms with Gasteiger partial charge in [0.25, 0.3) is 0 Å².